The highest BCUT2D eigenvalue weighted by Crippen LogP contribution is 2.29. The molecule has 0 radical (unpaired) electrons. The number of nitrogens with two attached hydrogens (primary N) is 2. The van der Waals surface area contributed by atoms with E-state index in [4.69, 9.17) is 11.5 Å². The van der Waals surface area contributed by atoms with Crippen molar-refractivity contribution in [3.05, 3.63) is 65.3 Å². The minimum atomic E-state index is -0.889. The van der Waals surface area contributed by atoms with Crippen molar-refractivity contribution >= 4 is 5.57 Å². The van der Waals surface area contributed by atoms with Crippen molar-refractivity contribution in [2.24, 2.45) is 11.5 Å². The highest BCUT2D eigenvalue weighted by Gasteiger charge is 2.25. The minimum Gasteiger partial charge on any atom is -0.306 e. The van der Waals surface area contributed by atoms with Crippen LogP contribution in [0.25, 0.3) is 5.57 Å². The number of rotatable bonds is 1. The van der Waals surface area contributed by atoms with E-state index in [0.29, 0.717) is 0 Å². The molecule has 0 saturated heterocycles. The Morgan fingerprint density at radius 3 is 2.29 bits per heavy atom. The van der Waals surface area contributed by atoms with Gasteiger partial charge in [0.2, 0.25) is 0 Å². The van der Waals surface area contributed by atoms with Crippen LogP contribution >= 0.6 is 0 Å². The number of benzene rings is 1. The first-order valence-corrected chi connectivity index (χ1v) is 5.73. The Bertz CT molecular complexity index is 501. The van der Waals surface area contributed by atoms with E-state index in [2.05, 4.69) is 19.9 Å². The number of hydrogen-bond acceptors (Lipinski definition) is 2. The lowest BCUT2D eigenvalue weighted by Gasteiger charge is -2.28. The van der Waals surface area contributed by atoms with Gasteiger partial charge in [-0.2, -0.15) is 0 Å². The van der Waals surface area contributed by atoms with Gasteiger partial charge in [-0.15, -0.1) is 0 Å². The molecule has 0 aromatic heterocycles. The molecule has 0 atom stereocenters. The largest absolute Gasteiger partial charge is 0.306 e. The van der Waals surface area contributed by atoms with Crippen LogP contribution in [0.1, 0.15) is 19.4 Å². The first-order chi connectivity index (χ1) is 8.00. The highest BCUT2D eigenvalue weighted by atomic mass is 14.9. The van der Waals surface area contributed by atoms with Crippen molar-refractivity contribution in [2.45, 2.75) is 19.5 Å². The molecule has 1 aromatic carbocycles. The van der Waals surface area contributed by atoms with Gasteiger partial charge in [0.1, 0.15) is 5.66 Å². The van der Waals surface area contributed by atoms with Crippen LogP contribution in [0.3, 0.4) is 0 Å². The van der Waals surface area contributed by atoms with Crippen LogP contribution in [0.15, 0.2) is 59.7 Å². The lowest BCUT2D eigenvalue weighted by molar-refractivity contribution is 0.709. The molecule has 2 nitrogen and oxygen atoms in total. The summed E-state index contributed by atoms with van der Waals surface area (Å²) in [5, 5.41) is 0. The molecule has 0 saturated carbocycles. The van der Waals surface area contributed by atoms with Crippen LogP contribution in [0.2, 0.25) is 0 Å². The Hall–Kier alpha value is -1.64. The highest BCUT2D eigenvalue weighted by molar-refractivity contribution is 5.79. The van der Waals surface area contributed by atoms with Crippen molar-refractivity contribution in [3.63, 3.8) is 0 Å². The summed E-state index contributed by atoms with van der Waals surface area (Å²) in [6.07, 6.45) is 5.92. The van der Waals surface area contributed by atoms with E-state index in [0.717, 1.165) is 11.1 Å². The van der Waals surface area contributed by atoms with Gasteiger partial charge in [0.25, 0.3) is 0 Å². The standard InChI is InChI=1S/C15H18N2/c1-11(2)13-8-9-15(16,17)14(10-13)12-6-4-3-5-7-12/h3-10H,16-17H2,1-2H3. The summed E-state index contributed by atoms with van der Waals surface area (Å²) in [4.78, 5) is 0. The predicted octanol–water partition coefficient (Wildman–Crippen LogP) is 2.59. The summed E-state index contributed by atoms with van der Waals surface area (Å²) in [5.41, 5.74) is 15.8. The molecule has 88 valence electrons. The predicted molar refractivity (Wildman–Crippen MR) is 73.0 cm³/mol. The SMILES string of the molecule is CC(C)=C1C=CC(N)(N)C(c2ccccc2)=C1. The Labute approximate surface area is 102 Å². The zero-order chi connectivity index (χ0) is 12.5. The molecule has 0 heterocycles. The van der Waals surface area contributed by atoms with Crippen LogP contribution in [0, 0.1) is 0 Å². The maximum absolute atomic E-state index is 6.12. The van der Waals surface area contributed by atoms with Crippen molar-refractivity contribution in [1.29, 1.82) is 0 Å². The summed E-state index contributed by atoms with van der Waals surface area (Å²) in [7, 11) is 0. The second kappa shape index (κ2) is 4.32. The van der Waals surface area contributed by atoms with Crippen molar-refractivity contribution in [3.8, 4) is 0 Å². The van der Waals surface area contributed by atoms with Gasteiger partial charge in [0, 0.05) is 0 Å². The lowest BCUT2D eigenvalue weighted by atomic mass is 9.86. The van der Waals surface area contributed by atoms with Crippen LogP contribution < -0.4 is 11.5 Å². The van der Waals surface area contributed by atoms with Gasteiger partial charge in [-0.05, 0) is 42.7 Å². The minimum absolute atomic E-state index is 0.889. The maximum Gasteiger partial charge on any atom is 0.110 e. The Morgan fingerprint density at radius 1 is 1.06 bits per heavy atom. The summed E-state index contributed by atoms with van der Waals surface area (Å²) in [6.45, 7) is 4.16. The lowest BCUT2D eigenvalue weighted by Crippen LogP contribution is -2.49. The number of allylic oxidation sites excluding steroid dienone is 4. The third kappa shape index (κ3) is 2.38. The molecule has 1 aromatic rings. The quantitative estimate of drug-likeness (QED) is 0.723. The zero-order valence-electron chi connectivity index (χ0n) is 10.3. The van der Waals surface area contributed by atoms with E-state index < -0.39 is 5.66 Å². The normalized spacial score (nSPS) is 17.9. The summed E-state index contributed by atoms with van der Waals surface area (Å²) < 4.78 is 0. The summed E-state index contributed by atoms with van der Waals surface area (Å²) in [6, 6.07) is 10.0. The van der Waals surface area contributed by atoms with Crippen molar-refractivity contribution in [1.82, 2.24) is 0 Å². The summed E-state index contributed by atoms with van der Waals surface area (Å²) in [5.74, 6) is 0. The van der Waals surface area contributed by atoms with Gasteiger partial charge in [0.05, 0.1) is 0 Å². The summed E-state index contributed by atoms with van der Waals surface area (Å²) >= 11 is 0. The molecular weight excluding hydrogens is 208 g/mol. The fourth-order valence-corrected chi connectivity index (χ4v) is 1.91. The second-order valence-corrected chi connectivity index (χ2v) is 4.65. The Morgan fingerprint density at radius 2 is 1.71 bits per heavy atom. The molecule has 2 heteroatoms. The van der Waals surface area contributed by atoms with Crippen molar-refractivity contribution in [2.75, 3.05) is 0 Å². The Kier molecular flexibility index (Phi) is 3.01. The number of hydrogen-bond donors (Lipinski definition) is 2. The fraction of sp³-hybridized carbons (Fsp3) is 0.200. The van der Waals surface area contributed by atoms with Gasteiger partial charge in [-0.1, -0.05) is 42.0 Å². The average Bonchev–Trinajstić information content (AvgIpc) is 2.29. The van der Waals surface area contributed by atoms with Crippen LogP contribution in [0.4, 0.5) is 0 Å². The van der Waals surface area contributed by atoms with Crippen molar-refractivity contribution < 1.29 is 0 Å². The van der Waals surface area contributed by atoms with E-state index in [1.807, 2.05) is 42.5 Å². The molecule has 0 amide bonds. The van der Waals surface area contributed by atoms with Gasteiger partial charge in [0.15, 0.2) is 0 Å². The van der Waals surface area contributed by atoms with Crippen LogP contribution in [0.5, 0.6) is 0 Å². The zero-order valence-corrected chi connectivity index (χ0v) is 10.3. The molecule has 0 fully saturated rings. The molecule has 0 aliphatic heterocycles. The second-order valence-electron chi connectivity index (χ2n) is 4.65. The molecule has 4 N–H and O–H groups in total. The smallest absolute Gasteiger partial charge is 0.110 e. The van der Waals surface area contributed by atoms with Gasteiger partial charge < -0.3 is 11.5 Å². The molecule has 1 aliphatic rings. The molecule has 1 aliphatic carbocycles. The molecule has 0 spiro atoms. The molecule has 0 bridgehead atoms. The van der Waals surface area contributed by atoms with E-state index in [-0.39, 0.29) is 0 Å². The van der Waals surface area contributed by atoms with E-state index >= 15 is 0 Å². The molecule has 17 heavy (non-hydrogen) atoms. The van der Waals surface area contributed by atoms with Gasteiger partial charge in [-0.25, -0.2) is 0 Å². The topological polar surface area (TPSA) is 52.0 Å². The van der Waals surface area contributed by atoms with E-state index in [1.54, 1.807) is 0 Å². The first-order valence-electron chi connectivity index (χ1n) is 5.73. The monoisotopic (exact) mass is 226 g/mol. The average molecular weight is 226 g/mol. The first kappa shape index (κ1) is 11.8. The third-order valence-corrected chi connectivity index (χ3v) is 2.97. The molecular formula is C15H18N2. The fourth-order valence-electron chi connectivity index (χ4n) is 1.91. The molecule has 2 rings (SSSR count). The Balaban J connectivity index is 2.53. The molecule has 0 unspecified atom stereocenters. The third-order valence-electron chi connectivity index (χ3n) is 2.97. The van der Waals surface area contributed by atoms with Gasteiger partial charge in [-0.3, -0.25) is 0 Å². The maximum atomic E-state index is 6.12. The van der Waals surface area contributed by atoms with E-state index in [1.165, 1.54) is 11.1 Å². The van der Waals surface area contributed by atoms with Crippen LogP contribution in [-0.2, 0) is 0 Å². The van der Waals surface area contributed by atoms with Gasteiger partial charge >= 0.3 is 0 Å². The van der Waals surface area contributed by atoms with E-state index in [9.17, 15) is 0 Å². The van der Waals surface area contributed by atoms with Crippen LogP contribution in [-0.4, -0.2) is 5.66 Å².